The van der Waals surface area contributed by atoms with E-state index in [1.807, 2.05) is 42.2 Å². The smallest absolute Gasteiger partial charge is 0.222 e. The van der Waals surface area contributed by atoms with Gasteiger partial charge in [-0.25, -0.2) is 0 Å². The van der Waals surface area contributed by atoms with Gasteiger partial charge < -0.3 is 9.32 Å². The molecule has 0 saturated carbocycles. The van der Waals surface area contributed by atoms with Crippen LogP contribution in [0.5, 0.6) is 0 Å². The number of amides is 1. The molecule has 1 aromatic heterocycles. The van der Waals surface area contributed by atoms with Gasteiger partial charge in [0.2, 0.25) is 5.91 Å². The van der Waals surface area contributed by atoms with Crippen molar-refractivity contribution in [3.63, 3.8) is 0 Å². The van der Waals surface area contributed by atoms with Crippen LogP contribution >= 0.6 is 0 Å². The minimum absolute atomic E-state index is 0.223. The number of hydrogen-bond acceptors (Lipinski definition) is 2. The fraction of sp³-hybridized carbons (Fsp3) is 0.353. The quantitative estimate of drug-likeness (QED) is 0.834. The van der Waals surface area contributed by atoms with Gasteiger partial charge >= 0.3 is 0 Å². The zero-order chi connectivity index (χ0) is 13.9. The second kappa shape index (κ2) is 5.53. The number of hydrogen-bond donors (Lipinski definition) is 0. The van der Waals surface area contributed by atoms with Crippen molar-refractivity contribution in [1.82, 2.24) is 4.90 Å². The van der Waals surface area contributed by atoms with Gasteiger partial charge in [0.1, 0.15) is 11.5 Å². The van der Waals surface area contributed by atoms with Gasteiger partial charge in [0.15, 0.2) is 0 Å². The van der Waals surface area contributed by atoms with Gasteiger partial charge in [0, 0.05) is 37.1 Å². The van der Waals surface area contributed by atoms with Gasteiger partial charge in [-0.1, -0.05) is 37.3 Å². The molecule has 1 aliphatic rings. The number of nitrogens with zero attached hydrogens (tertiary/aromatic N) is 1. The first-order valence-corrected chi connectivity index (χ1v) is 7.22. The third kappa shape index (κ3) is 2.48. The van der Waals surface area contributed by atoms with Crippen molar-refractivity contribution in [2.24, 2.45) is 0 Å². The Morgan fingerprint density at radius 2 is 2.10 bits per heavy atom. The summed E-state index contributed by atoms with van der Waals surface area (Å²) in [4.78, 5) is 13.8. The normalized spacial score (nSPS) is 14.8. The summed E-state index contributed by atoms with van der Waals surface area (Å²) >= 11 is 0. The molecule has 2 heterocycles. The van der Waals surface area contributed by atoms with Gasteiger partial charge in [0.05, 0.1) is 0 Å². The average molecular weight is 269 g/mol. The van der Waals surface area contributed by atoms with Crippen LogP contribution in [-0.2, 0) is 17.8 Å². The highest BCUT2D eigenvalue weighted by Gasteiger charge is 2.21. The molecule has 2 aromatic rings. The molecule has 3 heteroatoms. The van der Waals surface area contributed by atoms with Crippen LogP contribution in [0.2, 0.25) is 0 Å². The zero-order valence-corrected chi connectivity index (χ0v) is 11.8. The standard InChI is InChI=1S/C17H19NO2/c1-2-17(19)18-10-6-9-15-14(12-18)11-16(20-15)13-7-4-3-5-8-13/h3-5,7-8,11H,2,6,9-10,12H2,1H3. The molecule has 3 nitrogen and oxygen atoms in total. The summed E-state index contributed by atoms with van der Waals surface area (Å²) in [5.41, 5.74) is 2.25. The van der Waals surface area contributed by atoms with Crippen molar-refractivity contribution in [2.45, 2.75) is 32.7 Å². The largest absolute Gasteiger partial charge is 0.461 e. The van der Waals surface area contributed by atoms with Crippen molar-refractivity contribution < 1.29 is 9.21 Å². The molecule has 1 amide bonds. The lowest BCUT2D eigenvalue weighted by Crippen LogP contribution is -2.29. The lowest BCUT2D eigenvalue weighted by atomic mass is 10.1. The van der Waals surface area contributed by atoms with Crippen molar-refractivity contribution in [2.75, 3.05) is 6.54 Å². The number of fused-ring (bicyclic) bond motifs is 1. The van der Waals surface area contributed by atoms with Gasteiger partial charge in [-0.15, -0.1) is 0 Å². The van der Waals surface area contributed by atoms with Crippen LogP contribution in [0.1, 0.15) is 31.1 Å². The zero-order valence-electron chi connectivity index (χ0n) is 11.8. The van der Waals surface area contributed by atoms with Crippen LogP contribution in [-0.4, -0.2) is 17.4 Å². The molecule has 20 heavy (non-hydrogen) atoms. The maximum Gasteiger partial charge on any atom is 0.222 e. The molecule has 0 atom stereocenters. The molecule has 0 unspecified atom stereocenters. The predicted molar refractivity (Wildman–Crippen MR) is 78.2 cm³/mol. The molecule has 0 spiro atoms. The second-order valence-electron chi connectivity index (χ2n) is 5.20. The fourth-order valence-electron chi connectivity index (χ4n) is 2.71. The van der Waals surface area contributed by atoms with Gasteiger partial charge in [-0.2, -0.15) is 0 Å². The molecule has 0 bridgehead atoms. The summed E-state index contributed by atoms with van der Waals surface area (Å²) < 4.78 is 6.00. The highest BCUT2D eigenvalue weighted by Crippen LogP contribution is 2.29. The summed E-state index contributed by atoms with van der Waals surface area (Å²) in [6.07, 6.45) is 2.45. The number of carbonyl (C=O) groups is 1. The Bertz CT molecular complexity index is 601. The molecule has 3 rings (SSSR count). The molecular weight excluding hydrogens is 250 g/mol. The molecule has 1 aromatic carbocycles. The first-order valence-electron chi connectivity index (χ1n) is 7.22. The van der Waals surface area contributed by atoms with Crippen LogP contribution in [0.4, 0.5) is 0 Å². The van der Waals surface area contributed by atoms with Crippen molar-refractivity contribution in [3.05, 3.63) is 47.7 Å². The molecule has 0 aliphatic carbocycles. The molecule has 0 saturated heterocycles. The number of furan rings is 1. The van der Waals surface area contributed by atoms with Crippen molar-refractivity contribution in [1.29, 1.82) is 0 Å². The average Bonchev–Trinajstić information content (AvgIpc) is 2.79. The van der Waals surface area contributed by atoms with Crippen LogP contribution < -0.4 is 0 Å². The Labute approximate surface area is 119 Å². The highest BCUT2D eigenvalue weighted by molar-refractivity contribution is 5.76. The topological polar surface area (TPSA) is 33.5 Å². The van der Waals surface area contributed by atoms with Gasteiger partial charge in [-0.3, -0.25) is 4.79 Å². The molecule has 0 radical (unpaired) electrons. The molecule has 0 fully saturated rings. The summed E-state index contributed by atoms with van der Waals surface area (Å²) in [5, 5.41) is 0. The third-order valence-corrected chi connectivity index (χ3v) is 3.80. The van der Waals surface area contributed by atoms with Crippen molar-refractivity contribution in [3.8, 4) is 11.3 Å². The number of rotatable bonds is 2. The van der Waals surface area contributed by atoms with E-state index in [1.165, 1.54) is 0 Å². The SMILES string of the molecule is CCC(=O)N1CCCc2oc(-c3ccccc3)cc2C1. The molecule has 0 N–H and O–H groups in total. The van der Waals surface area contributed by atoms with E-state index >= 15 is 0 Å². The van der Waals surface area contributed by atoms with E-state index in [0.29, 0.717) is 13.0 Å². The van der Waals surface area contributed by atoms with E-state index in [0.717, 1.165) is 42.0 Å². The van der Waals surface area contributed by atoms with Gasteiger partial charge in [-0.05, 0) is 12.5 Å². The lowest BCUT2D eigenvalue weighted by molar-refractivity contribution is -0.131. The molecule has 1 aliphatic heterocycles. The van der Waals surface area contributed by atoms with Crippen LogP contribution in [0.25, 0.3) is 11.3 Å². The van der Waals surface area contributed by atoms with E-state index < -0.39 is 0 Å². The lowest BCUT2D eigenvalue weighted by Gasteiger charge is -2.19. The molecule has 104 valence electrons. The molecular formula is C17H19NO2. The Morgan fingerprint density at radius 1 is 1.30 bits per heavy atom. The van der Waals surface area contributed by atoms with E-state index in [-0.39, 0.29) is 5.91 Å². The van der Waals surface area contributed by atoms with E-state index in [1.54, 1.807) is 0 Å². The second-order valence-corrected chi connectivity index (χ2v) is 5.20. The van der Waals surface area contributed by atoms with Crippen LogP contribution in [0, 0.1) is 0 Å². The summed E-state index contributed by atoms with van der Waals surface area (Å²) in [7, 11) is 0. The monoisotopic (exact) mass is 269 g/mol. The third-order valence-electron chi connectivity index (χ3n) is 3.80. The Balaban J connectivity index is 1.89. The Kier molecular flexibility index (Phi) is 3.59. The van der Waals surface area contributed by atoms with E-state index in [9.17, 15) is 4.79 Å². The number of carbonyl (C=O) groups excluding carboxylic acids is 1. The van der Waals surface area contributed by atoms with E-state index in [4.69, 9.17) is 4.42 Å². The Morgan fingerprint density at radius 3 is 2.85 bits per heavy atom. The van der Waals surface area contributed by atoms with E-state index in [2.05, 4.69) is 6.07 Å². The Hall–Kier alpha value is -2.03. The van der Waals surface area contributed by atoms with Crippen LogP contribution in [0.3, 0.4) is 0 Å². The predicted octanol–water partition coefficient (Wildman–Crippen LogP) is 3.63. The first kappa shape index (κ1) is 13.0. The highest BCUT2D eigenvalue weighted by atomic mass is 16.3. The van der Waals surface area contributed by atoms with Gasteiger partial charge in [0.25, 0.3) is 0 Å². The maximum absolute atomic E-state index is 11.9. The minimum atomic E-state index is 0.223. The summed E-state index contributed by atoms with van der Waals surface area (Å²) in [6, 6.07) is 12.2. The van der Waals surface area contributed by atoms with Crippen molar-refractivity contribution >= 4 is 5.91 Å². The fourth-order valence-corrected chi connectivity index (χ4v) is 2.71. The van der Waals surface area contributed by atoms with Crippen LogP contribution in [0.15, 0.2) is 40.8 Å². The summed E-state index contributed by atoms with van der Waals surface area (Å²) in [5.74, 6) is 2.16. The number of benzene rings is 1. The summed E-state index contributed by atoms with van der Waals surface area (Å²) in [6.45, 7) is 3.43. The maximum atomic E-state index is 11.9. The first-order chi connectivity index (χ1) is 9.78. The minimum Gasteiger partial charge on any atom is -0.461 e. The number of aryl methyl sites for hydroxylation is 1.